The molecule has 0 spiro atoms. The molecule has 2 aromatic carbocycles. The fourth-order valence-corrected chi connectivity index (χ4v) is 4.42. The third-order valence-electron chi connectivity index (χ3n) is 6.51. The molecule has 0 amide bonds. The van der Waals surface area contributed by atoms with Crippen molar-refractivity contribution in [2.24, 2.45) is 0 Å². The molecule has 0 unspecified atom stereocenters. The highest BCUT2D eigenvalue weighted by molar-refractivity contribution is 5.97. The van der Waals surface area contributed by atoms with E-state index in [9.17, 15) is 23.9 Å². The van der Waals surface area contributed by atoms with Crippen molar-refractivity contribution in [1.82, 2.24) is 9.47 Å². The summed E-state index contributed by atoms with van der Waals surface area (Å²) in [4.78, 5) is 38.4. The topological polar surface area (TPSA) is 173 Å². The number of carboxylic acids is 2. The molecule has 3 aromatic rings. The molecule has 0 radical (unpaired) electrons. The second-order valence-corrected chi connectivity index (χ2v) is 9.14. The summed E-state index contributed by atoms with van der Waals surface area (Å²) in [6.45, 7) is 5.08. The lowest BCUT2D eigenvalue weighted by atomic mass is 10.1. The van der Waals surface area contributed by atoms with Gasteiger partial charge in [-0.3, -0.25) is 4.79 Å². The molecule has 202 valence electrons. The Labute approximate surface area is 214 Å². The van der Waals surface area contributed by atoms with Crippen LogP contribution in [0.5, 0.6) is 23.0 Å². The predicted molar refractivity (Wildman–Crippen MR) is 133 cm³/mol. The number of hydrogen-bond donors (Lipinski definition) is 5. The Hall–Kier alpha value is -4.52. The number of nitrogens with zero attached hydrogens (tertiary/aromatic N) is 3. The fourth-order valence-electron chi connectivity index (χ4n) is 4.42. The Balaban J connectivity index is 0.000000236. The van der Waals surface area contributed by atoms with E-state index in [4.69, 9.17) is 25.2 Å². The monoisotopic (exact) mass is 531 g/mol. The van der Waals surface area contributed by atoms with E-state index in [1.807, 2.05) is 18.9 Å². The highest BCUT2D eigenvalue weighted by Crippen LogP contribution is 2.42. The van der Waals surface area contributed by atoms with Gasteiger partial charge in [0.15, 0.2) is 28.8 Å². The van der Waals surface area contributed by atoms with Crippen molar-refractivity contribution in [2.45, 2.75) is 13.0 Å². The first-order chi connectivity index (χ1) is 17.9. The van der Waals surface area contributed by atoms with E-state index in [-0.39, 0.29) is 29.2 Å². The molecular weight excluding hydrogens is 505 g/mol. The van der Waals surface area contributed by atoms with Gasteiger partial charge in [0.25, 0.3) is 0 Å². The van der Waals surface area contributed by atoms with Crippen LogP contribution in [0.4, 0.5) is 10.1 Å². The molecule has 3 heterocycles. The van der Waals surface area contributed by atoms with Crippen LogP contribution in [-0.2, 0) is 0 Å². The van der Waals surface area contributed by atoms with Crippen molar-refractivity contribution < 1.29 is 44.2 Å². The van der Waals surface area contributed by atoms with Gasteiger partial charge >= 0.3 is 11.9 Å². The molecule has 0 saturated carbocycles. The van der Waals surface area contributed by atoms with Gasteiger partial charge in [-0.1, -0.05) is 0 Å². The van der Waals surface area contributed by atoms with Crippen molar-refractivity contribution in [2.75, 3.05) is 44.7 Å². The zero-order valence-electron chi connectivity index (χ0n) is 20.5. The van der Waals surface area contributed by atoms with Gasteiger partial charge < -0.3 is 44.6 Å². The summed E-state index contributed by atoms with van der Waals surface area (Å²) in [5, 5.41) is 44.3. The summed E-state index contributed by atoms with van der Waals surface area (Å²) < 4.78 is 22.6. The Kier molecular flexibility index (Phi) is 7.05. The van der Waals surface area contributed by atoms with Crippen LogP contribution in [0.15, 0.2) is 29.2 Å². The van der Waals surface area contributed by atoms with Crippen molar-refractivity contribution in [3.05, 3.63) is 51.6 Å². The van der Waals surface area contributed by atoms with E-state index in [1.165, 1.54) is 6.20 Å². The number of rotatable bonds is 3. The molecule has 1 atom stereocenters. The first kappa shape index (κ1) is 26.5. The van der Waals surface area contributed by atoms with Gasteiger partial charge in [0.2, 0.25) is 5.43 Å². The SMILES string of the molecule is C[C@H]1COc2c(N3CCN(C)CC3)c(F)cc3c(=O)c(C(=O)O)cn1c23.O=C(O)c1cc(O)c(O)c(O)c1. The highest BCUT2D eigenvalue weighted by Gasteiger charge is 2.31. The number of pyridine rings is 1. The van der Waals surface area contributed by atoms with E-state index < -0.39 is 40.4 Å². The number of hydrogen-bond acceptors (Lipinski definition) is 9. The average molecular weight is 531 g/mol. The summed E-state index contributed by atoms with van der Waals surface area (Å²) >= 11 is 0. The number of carboxylic acid groups (broad SMARTS) is 2. The Morgan fingerprint density at radius 2 is 1.61 bits per heavy atom. The van der Waals surface area contributed by atoms with Crippen molar-refractivity contribution in [3.63, 3.8) is 0 Å². The number of halogens is 1. The Morgan fingerprint density at radius 1 is 1.00 bits per heavy atom. The summed E-state index contributed by atoms with van der Waals surface area (Å²) in [5.41, 5.74) is -0.513. The van der Waals surface area contributed by atoms with Gasteiger partial charge in [-0.2, -0.15) is 0 Å². The maximum absolute atomic E-state index is 15.0. The molecule has 0 bridgehead atoms. The summed E-state index contributed by atoms with van der Waals surface area (Å²) in [6.07, 6.45) is 1.34. The maximum Gasteiger partial charge on any atom is 0.341 e. The number of phenolic OH excluding ortho intramolecular Hbond substituents is 3. The van der Waals surface area contributed by atoms with Gasteiger partial charge in [0.1, 0.15) is 17.9 Å². The second kappa shape index (κ2) is 10.1. The molecule has 5 rings (SSSR count). The molecule has 2 aliphatic heterocycles. The van der Waals surface area contributed by atoms with Gasteiger partial charge in [0.05, 0.1) is 22.5 Å². The Bertz CT molecular complexity index is 1470. The van der Waals surface area contributed by atoms with Crippen LogP contribution in [0.3, 0.4) is 0 Å². The van der Waals surface area contributed by atoms with Gasteiger partial charge in [-0.15, -0.1) is 0 Å². The van der Waals surface area contributed by atoms with Crippen LogP contribution in [0.1, 0.15) is 33.7 Å². The summed E-state index contributed by atoms with van der Waals surface area (Å²) in [5.74, 6) is -4.88. The third kappa shape index (κ3) is 4.75. The van der Waals surface area contributed by atoms with Gasteiger partial charge in [-0.25, -0.2) is 14.0 Å². The molecule has 1 saturated heterocycles. The minimum absolute atomic E-state index is 0.0434. The van der Waals surface area contributed by atoms with Crippen molar-refractivity contribution >= 4 is 28.5 Å². The van der Waals surface area contributed by atoms with Gasteiger partial charge in [-0.05, 0) is 32.2 Å². The smallest absolute Gasteiger partial charge is 0.341 e. The Morgan fingerprint density at radius 3 is 2.16 bits per heavy atom. The van der Waals surface area contributed by atoms with Crippen LogP contribution in [-0.4, -0.2) is 86.8 Å². The number of anilines is 1. The van der Waals surface area contributed by atoms with E-state index in [1.54, 1.807) is 4.57 Å². The van der Waals surface area contributed by atoms with Crippen LogP contribution < -0.4 is 15.1 Å². The van der Waals surface area contributed by atoms with E-state index >= 15 is 0 Å². The van der Waals surface area contributed by atoms with Gasteiger partial charge in [0, 0.05) is 32.4 Å². The fraction of sp³-hybridized carbons (Fsp3) is 0.320. The zero-order valence-corrected chi connectivity index (χ0v) is 20.5. The molecule has 0 aliphatic carbocycles. The molecule has 2 aliphatic rings. The predicted octanol–water partition coefficient (Wildman–Crippen LogP) is 2.05. The lowest BCUT2D eigenvalue weighted by Gasteiger charge is -2.37. The number of piperazine rings is 1. The normalized spacial score (nSPS) is 16.9. The number of aromatic carboxylic acids is 2. The lowest BCUT2D eigenvalue weighted by Crippen LogP contribution is -2.45. The number of aromatic nitrogens is 1. The highest BCUT2D eigenvalue weighted by atomic mass is 19.1. The summed E-state index contributed by atoms with van der Waals surface area (Å²) in [6, 6.07) is 2.68. The molecule has 5 N–H and O–H groups in total. The number of phenols is 3. The number of likely N-dealkylation sites (N-methyl/N-ethyl adjacent to an activating group) is 1. The van der Waals surface area contributed by atoms with Crippen LogP contribution in [0.2, 0.25) is 0 Å². The van der Waals surface area contributed by atoms with E-state index in [0.29, 0.717) is 30.0 Å². The minimum Gasteiger partial charge on any atom is -0.504 e. The molecule has 1 fully saturated rings. The standard InChI is InChI=1S/C18H20FN3O4.C7H6O5/c1-10-9-26-17-14-11(16(23)12(18(24)25)8-22(10)14)7-13(19)15(17)21-5-3-20(2)4-6-21;8-4-1-3(7(11)12)2-5(9)6(4)10/h7-8,10H,3-6,9H2,1-2H3,(H,24,25);1-2,8-10H,(H,11,12)/t10-;/m0./s1. The lowest BCUT2D eigenvalue weighted by molar-refractivity contribution is 0.0684. The minimum atomic E-state index is -1.32. The largest absolute Gasteiger partial charge is 0.504 e. The third-order valence-corrected chi connectivity index (χ3v) is 6.51. The molecule has 1 aromatic heterocycles. The molecule has 12 nitrogen and oxygen atoms in total. The average Bonchev–Trinajstić information content (AvgIpc) is 2.86. The quantitative estimate of drug-likeness (QED) is 0.313. The second-order valence-electron chi connectivity index (χ2n) is 9.14. The van der Waals surface area contributed by atoms with Crippen molar-refractivity contribution in [1.29, 1.82) is 0 Å². The number of benzene rings is 2. The first-order valence-corrected chi connectivity index (χ1v) is 11.6. The molecular formula is C25H26FN3O9. The number of ether oxygens (including phenoxy) is 1. The number of carbonyl (C=O) groups is 2. The maximum atomic E-state index is 15.0. The summed E-state index contributed by atoms with van der Waals surface area (Å²) in [7, 11) is 2.02. The first-order valence-electron chi connectivity index (χ1n) is 11.6. The van der Waals surface area contributed by atoms with Crippen LogP contribution in [0.25, 0.3) is 10.9 Å². The van der Waals surface area contributed by atoms with Crippen molar-refractivity contribution in [3.8, 4) is 23.0 Å². The van der Waals surface area contributed by atoms with E-state index in [0.717, 1.165) is 31.3 Å². The molecule has 38 heavy (non-hydrogen) atoms. The zero-order chi connectivity index (χ0) is 27.9. The van der Waals surface area contributed by atoms with Crippen LogP contribution in [0, 0.1) is 5.82 Å². The molecule has 13 heteroatoms. The number of aromatic hydroxyl groups is 3. The van der Waals surface area contributed by atoms with E-state index in [2.05, 4.69) is 4.90 Å². The van der Waals surface area contributed by atoms with Crippen LogP contribution >= 0.6 is 0 Å².